The van der Waals surface area contributed by atoms with Crippen molar-refractivity contribution in [3.63, 3.8) is 0 Å². The first kappa shape index (κ1) is 24.2. The smallest absolute Gasteiger partial charge is 0.329 e. The van der Waals surface area contributed by atoms with Gasteiger partial charge < -0.3 is 15.4 Å². The van der Waals surface area contributed by atoms with E-state index in [1.807, 2.05) is 0 Å². The van der Waals surface area contributed by atoms with Gasteiger partial charge in [0.05, 0.1) is 17.5 Å². The molecule has 0 bridgehead atoms. The number of para-hydroxylation sites is 1. The lowest BCUT2D eigenvalue weighted by Gasteiger charge is -2.11. The van der Waals surface area contributed by atoms with E-state index in [9.17, 15) is 14.4 Å². The van der Waals surface area contributed by atoms with E-state index in [0.29, 0.717) is 28.6 Å². The summed E-state index contributed by atoms with van der Waals surface area (Å²) in [5.41, 5.74) is 3.73. The molecule has 0 unspecified atom stereocenters. The Morgan fingerprint density at radius 1 is 0.912 bits per heavy atom. The minimum atomic E-state index is -0.991. The number of rotatable bonds is 8. The van der Waals surface area contributed by atoms with Crippen molar-refractivity contribution in [2.75, 3.05) is 17.2 Å². The van der Waals surface area contributed by atoms with Crippen molar-refractivity contribution < 1.29 is 19.1 Å². The maximum absolute atomic E-state index is 12.6. The van der Waals surface area contributed by atoms with E-state index in [1.165, 1.54) is 18.3 Å². The molecule has 0 aliphatic carbocycles. The molecule has 3 aromatic rings. The highest BCUT2D eigenvalue weighted by molar-refractivity contribution is 6.40. The predicted octanol–water partition coefficient (Wildman–Crippen LogP) is 4.25. The average Bonchev–Trinajstić information content (AvgIpc) is 2.85. The Hall–Kier alpha value is -4.43. The molecule has 8 nitrogen and oxygen atoms in total. The molecule has 9 heteroatoms. The Balaban J connectivity index is 1.58. The summed E-state index contributed by atoms with van der Waals surface area (Å²) in [7, 11) is 0. The lowest BCUT2D eigenvalue weighted by molar-refractivity contribution is -0.136. The number of carbonyl (C=O) groups excluding carboxylic acids is 3. The number of hydrogen-bond acceptors (Lipinski definition) is 5. The third-order valence-corrected chi connectivity index (χ3v) is 4.61. The van der Waals surface area contributed by atoms with Crippen LogP contribution in [0.15, 0.2) is 90.6 Å². The van der Waals surface area contributed by atoms with Gasteiger partial charge in [-0.25, -0.2) is 5.43 Å². The number of anilines is 2. The minimum Gasteiger partial charge on any atom is -0.490 e. The van der Waals surface area contributed by atoms with Crippen LogP contribution >= 0.6 is 11.6 Å². The highest BCUT2D eigenvalue weighted by atomic mass is 35.5. The van der Waals surface area contributed by atoms with Gasteiger partial charge in [-0.1, -0.05) is 36.4 Å². The molecule has 3 aromatic carbocycles. The normalized spacial score (nSPS) is 10.4. The summed E-state index contributed by atoms with van der Waals surface area (Å²) in [4.78, 5) is 37.1. The largest absolute Gasteiger partial charge is 0.490 e. The lowest BCUT2D eigenvalue weighted by atomic mass is 10.1. The van der Waals surface area contributed by atoms with Crippen molar-refractivity contribution in [3.8, 4) is 5.75 Å². The van der Waals surface area contributed by atoms with Gasteiger partial charge in [0.25, 0.3) is 5.91 Å². The lowest BCUT2D eigenvalue weighted by Crippen LogP contribution is -2.33. The first-order valence-electron chi connectivity index (χ1n) is 10.1. The van der Waals surface area contributed by atoms with E-state index in [0.717, 1.165) is 0 Å². The first-order chi connectivity index (χ1) is 16.5. The summed E-state index contributed by atoms with van der Waals surface area (Å²) < 4.78 is 5.39. The predicted molar refractivity (Wildman–Crippen MR) is 132 cm³/mol. The Labute approximate surface area is 201 Å². The molecule has 0 saturated carbocycles. The summed E-state index contributed by atoms with van der Waals surface area (Å²) in [6, 6.07) is 19.9. The van der Waals surface area contributed by atoms with Gasteiger partial charge in [-0.2, -0.15) is 5.10 Å². The number of amides is 3. The van der Waals surface area contributed by atoms with Crippen molar-refractivity contribution in [2.24, 2.45) is 5.10 Å². The van der Waals surface area contributed by atoms with E-state index in [2.05, 4.69) is 27.7 Å². The monoisotopic (exact) mass is 476 g/mol. The minimum absolute atomic E-state index is 0.174. The second kappa shape index (κ2) is 12.0. The van der Waals surface area contributed by atoms with E-state index >= 15 is 0 Å². The van der Waals surface area contributed by atoms with E-state index < -0.39 is 17.7 Å². The number of hydrazone groups is 1. The molecule has 172 valence electrons. The summed E-state index contributed by atoms with van der Waals surface area (Å²) >= 11 is 5.86. The second-order valence-electron chi connectivity index (χ2n) is 6.83. The third-order valence-electron chi connectivity index (χ3n) is 4.36. The quantitative estimate of drug-likeness (QED) is 0.195. The topological polar surface area (TPSA) is 109 Å². The number of benzene rings is 3. The Morgan fingerprint density at radius 3 is 2.32 bits per heavy atom. The molecule has 3 amide bonds. The molecule has 0 spiro atoms. The van der Waals surface area contributed by atoms with Crippen LogP contribution in [0, 0.1) is 0 Å². The maximum atomic E-state index is 12.6. The zero-order valence-corrected chi connectivity index (χ0v) is 18.7. The van der Waals surface area contributed by atoms with Crippen LogP contribution in [0.1, 0.15) is 15.9 Å². The summed E-state index contributed by atoms with van der Waals surface area (Å²) in [5.74, 6) is -1.76. The average molecular weight is 477 g/mol. The molecular formula is C25H21ClN4O4. The van der Waals surface area contributed by atoms with Crippen LogP contribution in [0.25, 0.3) is 0 Å². The number of nitrogens with zero attached hydrogens (tertiary/aromatic N) is 1. The van der Waals surface area contributed by atoms with Gasteiger partial charge in [-0.3, -0.25) is 14.4 Å². The molecule has 3 rings (SSSR count). The molecule has 0 aliphatic rings. The molecule has 0 fully saturated rings. The zero-order valence-electron chi connectivity index (χ0n) is 18.0. The standard InChI is InChI=1S/C25H21ClN4O4/c1-2-15-34-20-13-7-17(8-14-20)16-27-30-25(33)24(32)29-22-6-4-3-5-21(22)23(31)28-19-11-9-18(26)10-12-19/h2-14,16H,1,15H2,(H,28,31)(H,29,32)(H,30,33). The van der Waals surface area contributed by atoms with Gasteiger partial charge in [-0.15, -0.1) is 0 Å². The highest BCUT2D eigenvalue weighted by Gasteiger charge is 2.17. The third kappa shape index (κ3) is 7.04. The van der Waals surface area contributed by atoms with Crippen molar-refractivity contribution in [1.29, 1.82) is 0 Å². The van der Waals surface area contributed by atoms with Gasteiger partial charge >= 0.3 is 11.8 Å². The molecule has 0 saturated heterocycles. The molecule has 0 heterocycles. The van der Waals surface area contributed by atoms with Crippen molar-refractivity contribution in [3.05, 3.63) is 102 Å². The molecular weight excluding hydrogens is 456 g/mol. The van der Waals surface area contributed by atoms with Gasteiger partial charge in [0.1, 0.15) is 12.4 Å². The van der Waals surface area contributed by atoms with Gasteiger partial charge in [0.15, 0.2) is 0 Å². The Kier molecular flexibility index (Phi) is 8.54. The first-order valence-corrected chi connectivity index (χ1v) is 10.5. The molecule has 0 atom stereocenters. The number of halogens is 1. The molecule has 3 N–H and O–H groups in total. The van der Waals surface area contributed by atoms with Gasteiger partial charge in [0, 0.05) is 10.7 Å². The van der Waals surface area contributed by atoms with Crippen molar-refractivity contribution >= 4 is 46.9 Å². The Bertz CT molecular complexity index is 1210. The van der Waals surface area contributed by atoms with E-state index in [4.69, 9.17) is 16.3 Å². The molecule has 0 radical (unpaired) electrons. The summed E-state index contributed by atoms with van der Waals surface area (Å²) in [6.07, 6.45) is 3.02. The number of nitrogens with one attached hydrogen (secondary N) is 3. The number of carbonyl (C=O) groups is 3. The van der Waals surface area contributed by atoms with Crippen LogP contribution in [0.5, 0.6) is 5.75 Å². The fourth-order valence-electron chi connectivity index (χ4n) is 2.72. The van der Waals surface area contributed by atoms with Crippen LogP contribution in [0.2, 0.25) is 5.02 Å². The van der Waals surface area contributed by atoms with E-state index in [1.54, 1.807) is 66.7 Å². The van der Waals surface area contributed by atoms with Crippen LogP contribution in [-0.2, 0) is 9.59 Å². The van der Waals surface area contributed by atoms with Crippen LogP contribution in [0.3, 0.4) is 0 Å². The number of hydrogen-bond donors (Lipinski definition) is 3. The van der Waals surface area contributed by atoms with Crippen LogP contribution in [0.4, 0.5) is 11.4 Å². The Morgan fingerprint density at radius 2 is 1.62 bits per heavy atom. The zero-order chi connectivity index (χ0) is 24.3. The SMILES string of the molecule is C=CCOc1ccc(C=NNC(=O)C(=O)Nc2ccccc2C(=O)Nc2ccc(Cl)cc2)cc1. The van der Waals surface area contributed by atoms with Gasteiger partial charge in [-0.05, 0) is 66.2 Å². The second-order valence-corrected chi connectivity index (χ2v) is 7.27. The molecule has 0 aromatic heterocycles. The molecule has 34 heavy (non-hydrogen) atoms. The van der Waals surface area contributed by atoms with E-state index in [-0.39, 0.29) is 11.3 Å². The maximum Gasteiger partial charge on any atom is 0.329 e. The highest BCUT2D eigenvalue weighted by Crippen LogP contribution is 2.19. The molecule has 0 aliphatic heterocycles. The van der Waals surface area contributed by atoms with Crippen molar-refractivity contribution in [1.82, 2.24) is 5.43 Å². The fourth-order valence-corrected chi connectivity index (χ4v) is 2.85. The van der Waals surface area contributed by atoms with Crippen LogP contribution < -0.4 is 20.8 Å². The summed E-state index contributed by atoms with van der Waals surface area (Å²) in [5, 5.41) is 9.46. The van der Waals surface area contributed by atoms with Gasteiger partial charge in [0.2, 0.25) is 0 Å². The summed E-state index contributed by atoms with van der Waals surface area (Å²) in [6.45, 7) is 3.97. The van der Waals surface area contributed by atoms with Crippen molar-refractivity contribution in [2.45, 2.75) is 0 Å². The van der Waals surface area contributed by atoms with Crippen LogP contribution in [-0.4, -0.2) is 30.5 Å². The number of ether oxygens (including phenoxy) is 1. The fraction of sp³-hybridized carbons (Fsp3) is 0.0400.